The van der Waals surface area contributed by atoms with Crippen LogP contribution in [0.2, 0.25) is 5.28 Å². The summed E-state index contributed by atoms with van der Waals surface area (Å²) in [6.07, 6.45) is 4.95. The molecule has 0 unspecified atom stereocenters. The summed E-state index contributed by atoms with van der Waals surface area (Å²) in [5, 5.41) is 3.08. The van der Waals surface area contributed by atoms with Gasteiger partial charge < -0.3 is 5.32 Å². The summed E-state index contributed by atoms with van der Waals surface area (Å²) in [6.45, 7) is 3.79. The summed E-state index contributed by atoms with van der Waals surface area (Å²) < 4.78 is 25.5. The van der Waals surface area contributed by atoms with E-state index in [0.717, 1.165) is 12.8 Å². The normalized spacial score (nSPS) is 15.3. The molecule has 1 atom stereocenters. The predicted octanol–water partition coefficient (Wildman–Crippen LogP) is 2.61. The van der Waals surface area contributed by atoms with E-state index in [9.17, 15) is 13.2 Å². The highest BCUT2D eigenvalue weighted by atomic mass is 35.5. The Morgan fingerprint density at radius 2 is 2.00 bits per heavy atom. The van der Waals surface area contributed by atoms with Gasteiger partial charge in [-0.1, -0.05) is 6.92 Å². The maximum atomic E-state index is 13.1. The van der Waals surface area contributed by atoms with Crippen LogP contribution in [0.3, 0.4) is 0 Å². The molecule has 3 heterocycles. The Balaban J connectivity index is 1.65. The Morgan fingerprint density at radius 1 is 1.23 bits per heavy atom. The topological polar surface area (TPSA) is 120 Å². The molecule has 3 aromatic rings. The molecule has 11 heteroatoms. The Kier molecular flexibility index (Phi) is 5.46. The number of fused-ring (bicyclic) bond motifs is 1. The molecule has 0 amide bonds. The van der Waals surface area contributed by atoms with Crippen molar-refractivity contribution < 1.29 is 8.42 Å². The van der Waals surface area contributed by atoms with Crippen molar-refractivity contribution >= 4 is 38.4 Å². The van der Waals surface area contributed by atoms with Gasteiger partial charge in [0, 0.05) is 12.2 Å². The first-order chi connectivity index (χ1) is 14.3. The average molecular weight is 449 g/mol. The van der Waals surface area contributed by atoms with Crippen LogP contribution >= 0.6 is 11.6 Å². The van der Waals surface area contributed by atoms with E-state index < -0.39 is 9.84 Å². The molecule has 0 bridgehead atoms. The zero-order chi connectivity index (χ0) is 21.5. The second kappa shape index (κ2) is 7.92. The van der Waals surface area contributed by atoms with Crippen molar-refractivity contribution in [2.45, 2.75) is 44.2 Å². The first-order valence-electron chi connectivity index (χ1n) is 9.66. The van der Waals surface area contributed by atoms with Gasteiger partial charge in [-0.15, -0.1) is 0 Å². The number of nitrogens with one attached hydrogen (secondary N) is 1. The molecule has 1 aliphatic rings. The molecule has 1 N–H and O–H groups in total. The molecular formula is C19H21ClN6O3S. The summed E-state index contributed by atoms with van der Waals surface area (Å²) in [5.41, 5.74) is 1.17. The monoisotopic (exact) mass is 448 g/mol. The number of anilines is 1. The number of aromatic nitrogens is 5. The van der Waals surface area contributed by atoms with Gasteiger partial charge in [0.25, 0.3) is 5.56 Å². The van der Waals surface area contributed by atoms with Crippen molar-refractivity contribution in [2.75, 3.05) is 11.1 Å². The Morgan fingerprint density at radius 3 is 2.63 bits per heavy atom. The minimum Gasteiger partial charge on any atom is -0.360 e. The SMILES string of the molecule is CCS(=O)(=O)c1ccc(CNc2nc3cnc(Cl)nc3n([C@@H](C)C3CC3)c2=O)nc1. The second-order valence-electron chi connectivity index (χ2n) is 7.30. The number of rotatable bonds is 7. The van der Waals surface area contributed by atoms with Gasteiger partial charge in [0.05, 0.1) is 29.1 Å². The lowest BCUT2D eigenvalue weighted by atomic mass is 10.2. The molecule has 30 heavy (non-hydrogen) atoms. The van der Waals surface area contributed by atoms with Crippen LogP contribution in [-0.4, -0.2) is 38.7 Å². The number of pyridine rings is 1. The first kappa shape index (κ1) is 20.7. The maximum Gasteiger partial charge on any atom is 0.295 e. The predicted molar refractivity (Wildman–Crippen MR) is 113 cm³/mol. The quantitative estimate of drug-likeness (QED) is 0.547. The Hall–Kier alpha value is -2.59. The van der Waals surface area contributed by atoms with Gasteiger partial charge in [-0.2, -0.15) is 4.98 Å². The fraction of sp³-hybridized carbons (Fsp3) is 0.421. The van der Waals surface area contributed by atoms with Gasteiger partial charge in [-0.25, -0.2) is 18.4 Å². The van der Waals surface area contributed by atoms with Crippen molar-refractivity contribution in [1.82, 2.24) is 24.5 Å². The second-order valence-corrected chi connectivity index (χ2v) is 9.92. The molecule has 1 saturated carbocycles. The van der Waals surface area contributed by atoms with E-state index in [1.54, 1.807) is 17.6 Å². The van der Waals surface area contributed by atoms with Gasteiger partial charge in [0.1, 0.15) is 5.52 Å². The first-order valence-corrected chi connectivity index (χ1v) is 11.7. The fourth-order valence-electron chi connectivity index (χ4n) is 3.30. The lowest BCUT2D eigenvalue weighted by molar-refractivity contribution is 0.482. The van der Waals surface area contributed by atoms with Crippen molar-refractivity contribution in [1.29, 1.82) is 0 Å². The third kappa shape index (κ3) is 4.01. The molecular weight excluding hydrogens is 428 g/mol. The third-order valence-corrected chi connectivity index (χ3v) is 7.19. The number of hydrogen-bond acceptors (Lipinski definition) is 8. The van der Waals surface area contributed by atoms with Crippen LogP contribution in [0.25, 0.3) is 11.2 Å². The van der Waals surface area contributed by atoms with Crippen LogP contribution in [0.15, 0.2) is 34.2 Å². The van der Waals surface area contributed by atoms with E-state index in [1.165, 1.54) is 18.5 Å². The zero-order valence-electron chi connectivity index (χ0n) is 16.5. The summed E-state index contributed by atoms with van der Waals surface area (Å²) in [5.74, 6) is 0.593. The zero-order valence-corrected chi connectivity index (χ0v) is 18.1. The highest BCUT2D eigenvalue weighted by molar-refractivity contribution is 7.91. The van der Waals surface area contributed by atoms with Gasteiger partial charge in [0.15, 0.2) is 21.3 Å². The largest absolute Gasteiger partial charge is 0.360 e. The van der Waals surface area contributed by atoms with Gasteiger partial charge in [-0.05, 0) is 49.4 Å². The van der Waals surface area contributed by atoms with Crippen LogP contribution in [0.1, 0.15) is 38.4 Å². The van der Waals surface area contributed by atoms with Crippen molar-refractivity contribution in [2.24, 2.45) is 5.92 Å². The van der Waals surface area contributed by atoms with Crippen molar-refractivity contribution in [3.63, 3.8) is 0 Å². The van der Waals surface area contributed by atoms with E-state index in [1.807, 2.05) is 6.92 Å². The minimum atomic E-state index is -3.31. The molecule has 1 fully saturated rings. The maximum absolute atomic E-state index is 13.1. The van der Waals surface area contributed by atoms with E-state index in [-0.39, 0.29) is 39.9 Å². The van der Waals surface area contributed by atoms with Crippen LogP contribution in [0.4, 0.5) is 5.82 Å². The molecule has 0 aromatic carbocycles. The standard InChI is InChI=1S/C19H21ClN6O3S/c1-3-30(28,29)14-7-6-13(21-9-14)8-22-16-18(27)26(11(2)12-4-5-12)17-15(24-16)10-23-19(20)25-17/h6-7,9-12H,3-5,8H2,1-2H3,(H,22,24)/t11-/m0/s1. The highest BCUT2D eigenvalue weighted by Gasteiger charge is 2.31. The van der Waals surface area contributed by atoms with Crippen LogP contribution in [-0.2, 0) is 16.4 Å². The number of halogens is 1. The Labute approximate surface area is 178 Å². The molecule has 3 aromatic heterocycles. The molecule has 1 aliphatic carbocycles. The van der Waals surface area contributed by atoms with Crippen LogP contribution in [0.5, 0.6) is 0 Å². The smallest absolute Gasteiger partial charge is 0.295 e. The number of nitrogens with zero attached hydrogens (tertiary/aromatic N) is 5. The van der Waals surface area contributed by atoms with Crippen molar-refractivity contribution in [3.05, 3.63) is 45.9 Å². The lowest BCUT2D eigenvalue weighted by Crippen LogP contribution is -2.29. The molecule has 4 rings (SSSR count). The van der Waals surface area contributed by atoms with Gasteiger partial charge in [0.2, 0.25) is 5.28 Å². The minimum absolute atomic E-state index is 0.0120. The van der Waals surface area contributed by atoms with E-state index in [4.69, 9.17) is 11.6 Å². The van der Waals surface area contributed by atoms with Crippen molar-refractivity contribution in [3.8, 4) is 0 Å². The van der Waals surface area contributed by atoms with E-state index >= 15 is 0 Å². The molecule has 0 spiro atoms. The van der Waals surface area contributed by atoms with Crippen LogP contribution < -0.4 is 10.9 Å². The molecule has 0 saturated heterocycles. The third-order valence-electron chi connectivity index (χ3n) is 5.29. The summed E-state index contributed by atoms with van der Waals surface area (Å²) in [6, 6.07) is 3.09. The van der Waals surface area contributed by atoms with Crippen LogP contribution in [0, 0.1) is 5.92 Å². The number of sulfone groups is 1. The molecule has 9 nitrogen and oxygen atoms in total. The van der Waals surface area contributed by atoms with Gasteiger partial charge >= 0.3 is 0 Å². The molecule has 158 valence electrons. The molecule has 0 radical (unpaired) electrons. The summed E-state index contributed by atoms with van der Waals surface area (Å²) in [4.78, 5) is 30.1. The Bertz CT molecular complexity index is 1260. The summed E-state index contributed by atoms with van der Waals surface area (Å²) in [7, 11) is -3.31. The fourth-order valence-corrected chi connectivity index (χ4v) is 4.25. The van der Waals surface area contributed by atoms with Gasteiger partial charge in [-0.3, -0.25) is 14.3 Å². The lowest BCUT2D eigenvalue weighted by Gasteiger charge is -2.18. The molecule has 0 aliphatic heterocycles. The summed E-state index contributed by atoms with van der Waals surface area (Å²) >= 11 is 5.95. The van der Waals surface area contributed by atoms with E-state index in [2.05, 4.69) is 25.3 Å². The van der Waals surface area contributed by atoms with E-state index in [0.29, 0.717) is 22.8 Å². The number of hydrogen-bond donors (Lipinski definition) is 1. The average Bonchev–Trinajstić information content (AvgIpc) is 3.58. The highest BCUT2D eigenvalue weighted by Crippen LogP contribution is 2.39.